The third-order valence-electron chi connectivity index (χ3n) is 4.34. The van der Waals surface area contributed by atoms with Crippen molar-refractivity contribution in [1.29, 1.82) is 0 Å². The topological polar surface area (TPSA) is 96.0 Å². The average Bonchev–Trinajstić information content (AvgIpc) is 2.95. The minimum absolute atomic E-state index is 0.135. The van der Waals surface area contributed by atoms with E-state index in [-0.39, 0.29) is 17.9 Å². The first-order valence-corrected chi connectivity index (χ1v) is 8.23. The fraction of sp³-hybridized carbons (Fsp3) is 0.833. The lowest BCUT2D eigenvalue weighted by Gasteiger charge is -2.24. The molecule has 5 unspecified atom stereocenters. The molecule has 3 fully saturated rings. The average molecular weight is 340 g/mol. The van der Waals surface area contributed by atoms with Gasteiger partial charge in [0.15, 0.2) is 6.61 Å². The second kappa shape index (κ2) is 4.85. The first-order chi connectivity index (χ1) is 10.1. The highest BCUT2D eigenvalue weighted by Gasteiger charge is 2.66. The van der Waals surface area contributed by atoms with Gasteiger partial charge in [-0.15, -0.1) is 0 Å². The van der Waals surface area contributed by atoms with Gasteiger partial charge in [0.25, 0.3) is 10.1 Å². The zero-order chi connectivity index (χ0) is 16.3. The molecule has 0 amide bonds. The van der Waals surface area contributed by atoms with Crippen LogP contribution in [0.2, 0.25) is 0 Å². The van der Waals surface area contributed by atoms with Gasteiger partial charge in [0.05, 0.1) is 6.10 Å². The maximum absolute atomic E-state index is 12.6. The number of carbonyl (C=O) groups is 2. The zero-order valence-corrected chi connectivity index (χ0v) is 12.3. The highest BCUT2D eigenvalue weighted by atomic mass is 32.2. The van der Waals surface area contributed by atoms with Gasteiger partial charge in [-0.25, -0.2) is 9.59 Å². The molecule has 2 bridgehead atoms. The Balaban J connectivity index is 1.60. The number of ether oxygens (including phenoxy) is 2. The van der Waals surface area contributed by atoms with Crippen LogP contribution in [0.15, 0.2) is 0 Å². The maximum Gasteiger partial charge on any atom is 0.377 e. The zero-order valence-electron chi connectivity index (χ0n) is 11.5. The lowest BCUT2D eigenvalue weighted by Crippen LogP contribution is -2.40. The van der Waals surface area contributed by atoms with Crippen LogP contribution in [0, 0.1) is 11.8 Å². The van der Waals surface area contributed by atoms with Gasteiger partial charge in [0, 0.05) is 18.8 Å². The van der Waals surface area contributed by atoms with Crippen LogP contribution in [-0.4, -0.2) is 50.3 Å². The number of halogens is 2. The van der Waals surface area contributed by atoms with Crippen LogP contribution in [0.1, 0.15) is 19.8 Å². The van der Waals surface area contributed by atoms with E-state index in [4.69, 9.17) is 8.92 Å². The van der Waals surface area contributed by atoms with Crippen molar-refractivity contribution < 1.29 is 40.4 Å². The van der Waals surface area contributed by atoms with Crippen molar-refractivity contribution in [3.8, 4) is 0 Å². The number of carbonyl (C=O) groups excluding carboxylic acids is 2. The molecule has 0 N–H and O–H groups in total. The Kier molecular flexibility index (Phi) is 3.44. The van der Waals surface area contributed by atoms with Gasteiger partial charge in [-0.1, -0.05) is 0 Å². The number of rotatable bonds is 4. The van der Waals surface area contributed by atoms with E-state index in [1.807, 2.05) is 0 Å². The normalized spacial score (nSPS) is 38.0. The molecule has 10 heteroatoms. The smallest absolute Gasteiger partial charge is 0.377 e. The van der Waals surface area contributed by atoms with E-state index in [2.05, 4.69) is 4.74 Å². The van der Waals surface area contributed by atoms with Gasteiger partial charge >= 0.3 is 17.9 Å². The predicted molar refractivity (Wildman–Crippen MR) is 65.3 cm³/mol. The monoisotopic (exact) mass is 340 g/mol. The van der Waals surface area contributed by atoms with E-state index in [9.17, 15) is 26.8 Å². The van der Waals surface area contributed by atoms with Gasteiger partial charge in [-0.2, -0.15) is 17.2 Å². The molecule has 124 valence electrons. The largest absolute Gasteiger partial charge is 0.458 e. The molecule has 0 radical (unpaired) electrons. The minimum atomic E-state index is -3.79. The summed E-state index contributed by atoms with van der Waals surface area (Å²) < 4.78 is 63.1. The van der Waals surface area contributed by atoms with Gasteiger partial charge in [0.1, 0.15) is 11.4 Å². The van der Waals surface area contributed by atoms with Crippen LogP contribution in [0.25, 0.3) is 0 Å². The molecule has 1 heterocycles. The summed E-state index contributed by atoms with van der Waals surface area (Å²) >= 11 is 0. The maximum atomic E-state index is 12.6. The highest BCUT2D eigenvalue weighted by Crippen LogP contribution is 2.55. The third-order valence-corrected chi connectivity index (χ3v) is 6.14. The lowest BCUT2D eigenvalue weighted by atomic mass is 9.95. The molecule has 0 aromatic rings. The molecule has 3 rings (SSSR count). The van der Waals surface area contributed by atoms with E-state index >= 15 is 0 Å². The van der Waals surface area contributed by atoms with Gasteiger partial charge in [-0.3, -0.25) is 4.18 Å². The summed E-state index contributed by atoms with van der Waals surface area (Å²) in [4.78, 5) is 22.5. The number of esters is 2. The summed E-state index contributed by atoms with van der Waals surface area (Å²) in [6.07, 6.45) is -0.168. The van der Waals surface area contributed by atoms with Gasteiger partial charge in [0.2, 0.25) is 0 Å². The fourth-order valence-electron chi connectivity index (χ4n) is 3.52. The minimum Gasteiger partial charge on any atom is -0.458 e. The molecule has 1 aliphatic heterocycles. The van der Waals surface area contributed by atoms with Gasteiger partial charge < -0.3 is 9.47 Å². The first kappa shape index (κ1) is 15.6. The van der Waals surface area contributed by atoms with E-state index in [1.54, 1.807) is 0 Å². The Morgan fingerprint density at radius 1 is 1.32 bits per heavy atom. The Hall–Kier alpha value is -1.29. The molecule has 5 atom stereocenters. The highest BCUT2D eigenvalue weighted by molar-refractivity contribution is 7.87. The van der Waals surface area contributed by atoms with Crippen LogP contribution in [0.4, 0.5) is 8.78 Å². The molecule has 0 spiro atoms. The Morgan fingerprint density at radius 2 is 2.00 bits per heavy atom. The van der Waals surface area contributed by atoms with Crippen molar-refractivity contribution in [1.82, 2.24) is 0 Å². The number of fused-ring (bicyclic) bond motifs is 1. The number of alkyl halides is 2. The lowest BCUT2D eigenvalue weighted by molar-refractivity contribution is -0.177. The van der Waals surface area contributed by atoms with Crippen LogP contribution < -0.4 is 0 Å². The van der Waals surface area contributed by atoms with E-state index in [0.717, 1.165) is 0 Å². The second-order valence-corrected chi connectivity index (χ2v) is 7.63. The van der Waals surface area contributed by atoms with Gasteiger partial charge in [-0.05, 0) is 12.8 Å². The van der Waals surface area contributed by atoms with Crippen molar-refractivity contribution in [3.05, 3.63) is 0 Å². The van der Waals surface area contributed by atoms with Crippen molar-refractivity contribution in [2.24, 2.45) is 11.8 Å². The summed E-state index contributed by atoms with van der Waals surface area (Å²) in [6.45, 7) is -0.633. The van der Waals surface area contributed by atoms with Crippen LogP contribution in [0.3, 0.4) is 0 Å². The SMILES string of the molecule is CC(F)(F)C(=O)OCC(=O)OC1C2CC3OS(=O)(=O)C1C3C2. The van der Waals surface area contributed by atoms with E-state index in [1.165, 1.54) is 0 Å². The molecule has 2 saturated carbocycles. The third kappa shape index (κ3) is 2.47. The Morgan fingerprint density at radius 3 is 2.64 bits per heavy atom. The quantitative estimate of drug-likeness (QED) is 0.534. The van der Waals surface area contributed by atoms with Crippen LogP contribution in [0.5, 0.6) is 0 Å². The molecule has 0 aromatic heterocycles. The number of hydrogen-bond donors (Lipinski definition) is 0. The van der Waals surface area contributed by atoms with Crippen LogP contribution in [-0.2, 0) is 33.4 Å². The summed E-state index contributed by atoms with van der Waals surface area (Å²) in [5, 5.41) is -0.913. The second-order valence-electron chi connectivity index (χ2n) is 5.91. The van der Waals surface area contributed by atoms with Crippen molar-refractivity contribution >= 4 is 22.1 Å². The van der Waals surface area contributed by atoms with Crippen LogP contribution >= 0.6 is 0 Å². The Labute approximate surface area is 125 Å². The summed E-state index contributed by atoms with van der Waals surface area (Å²) in [7, 11) is -3.79. The molecule has 22 heavy (non-hydrogen) atoms. The molecule has 3 aliphatic rings. The fourth-order valence-corrected chi connectivity index (χ4v) is 5.54. The van der Waals surface area contributed by atoms with Crippen molar-refractivity contribution in [2.45, 2.75) is 43.1 Å². The van der Waals surface area contributed by atoms with E-state index in [0.29, 0.717) is 19.8 Å². The molecule has 0 aromatic carbocycles. The molecular formula is C12H14F2O7S. The standard InChI is InChI=1S/C12H14F2O7S/c1-12(13,14)11(16)19-4-8(15)20-9-5-2-6-7(3-5)21-22(17,18)10(6)9/h5-7,9-10H,2-4H2,1H3. The van der Waals surface area contributed by atoms with Crippen molar-refractivity contribution in [3.63, 3.8) is 0 Å². The molecule has 1 saturated heterocycles. The Bertz CT molecular complexity index is 609. The summed E-state index contributed by atoms with van der Waals surface area (Å²) in [5.74, 6) is -6.93. The molecule has 7 nitrogen and oxygen atoms in total. The summed E-state index contributed by atoms with van der Waals surface area (Å²) in [5.41, 5.74) is 0. The molecule has 2 aliphatic carbocycles. The predicted octanol–water partition coefficient (Wildman–Crippen LogP) is 0.234. The van der Waals surface area contributed by atoms with Crippen molar-refractivity contribution in [2.75, 3.05) is 6.61 Å². The first-order valence-electron chi connectivity index (χ1n) is 6.76. The number of hydrogen-bond acceptors (Lipinski definition) is 7. The molecular weight excluding hydrogens is 326 g/mol. The summed E-state index contributed by atoms with van der Waals surface area (Å²) in [6, 6.07) is 0. The van der Waals surface area contributed by atoms with E-state index < -0.39 is 45.9 Å².